The van der Waals surface area contributed by atoms with Gasteiger partial charge in [-0.15, -0.1) is 0 Å². The first-order chi connectivity index (χ1) is 8.13. The van der Waals surface area contributed by atoms with Crippen molar-refractivity contribution in [3.05, 3.63) is 34.6 Å². The molecule has 0 aliphatic heterocycles. The lowest BCUT2D eigenvalue weighted by atomic mass is 10.5. The quantitative estimate of drug-likeness (QED) is 0.689. The summed E-state index contributed by atoms with van der Waals surface area (Å²) in [6.45, 7) is 3.02. The summed E-state index contributed by atoms with van der Waals surface area (Å²) in [7, 11) is 0. The van der Waals surface area contributed by atoms with Crippen molar-refractivity contribution in [2.75, 3.05) is 17.6 Å². The second kappa shape index (κ2) is 4.69. The standard InChI is InChI=1S/C10H14N6O/c1-7-14-9(4-10(17)15-7)12-2-3-16-6-8(11)5-13-16/h4-6H,2-3,11H2,1H3,(H2,12,14,15,17). The Kier molecular flexibility index (Phi) is 3.08. The van der Waals surface area contributed by atoms with Gasteiger partial charge in [0.25, 0.3) is 5.56 Å². The van der Waals surface area contributed by atoms with Crippen LogP contribution >= 0.6 is 0 Å². The van der Waals surface area contributed by atoms with Crippen LogP contribution in [-0.4, -0.2) is 26.3 Å². The number of hydrogen-bond acceptors (Lipinski definition) is 5. The lowest BCUT2D eigenvalue weighted by Crippen LogP contribution is -2.15. The number of nitrogens with two attached hydrogens (primary N) is 1. The number of rotatable bonds is 4. The maximum Gasteiger partial charge on any atom is 0.252 e. The molecule has 0 aliphatic rings. The minimum absolute atomic E-state index is 0.164. The van der Waals surface area contributed by atoms with E-state index in [1.165, 1.54) is 6.07 Å². The number of hydrogen-bond donors (Lipinski definition) is 3. The van der Waals surface area contributed by atoms with Gasteiger partial charge in [-0.1, -0.05) is 0 Å². The smallest absolute Gasteiger partial charge is 0.252 e. The Morgan fingerprint density at radius 1 is 1.59 bits per heavy atom. The zero-order valence-electron chi connectivity index (χ0n) is 9.47. The summed E-state index contributed by atoms with van der Waals surface area (Å²) in [5, 5.41) is 7.10. The molecule has 17 heavy (non-hydrogen) atoms. The van der Waals surface area contributed by atoms with Gasteiger partial charge in [-0.25, -0.2) is 4.98 Å². The van der Waals surface area contributed by atoms with Crippen LogP contribution in [-0.2, 0) is 6.54 Å². The minimum Gasteiger partial charge on any atom is -0.396 e. The van der Waals surface area contributed by atoms with Crippen molar-refractivity contribution in [3.63, 3.8) is 0 Å². The third-order valence-corrected chi connectivity index (χ3v) is 2.16. The number of aromatic amines is 1. The highest BCUT2D eigenvalue weighted by Gasteiger charge is 1.98. The number of nitrogens with one attached hydrogen (secondary N) is 2. The first-order valence-electron chi connectivity index (χ1n) is 5.23. The summed E-state index contributed by atoms with van der Waals surface area (Å²) < 4.78 is 1.72. The van der Waals surface area contributed by atoms with E-state index in [1.807, 2.05) is 0 Å². The highest BCUT2D eigenvalue weighted by Crippen LogP contribution is 1.99. The lowest BCUT2D eigenvalue weighted by molar-refractivity contribution is 0.637. The molecule has 0 aliphatic carbocycles. The van der Waals surface area contributed by atoms with Gasteiger partial charge in [-0.2, -0.15) is 5.10 Å². The van der Waals surface area contributed by atoms with Crippen LogP contribution in [0.25, 0.3) is 0 Å². The summed E-state index contributed by atoms with van der Waals surface area (Å²) in [4.78, 5) is 17.9. The average molecular weight is 234 g/mol. The van der Waals surface area contributed by atoms with Gasteiger partial charge in [-0.3, -0.25) is 9.48 Å². The number of H-pyrrole nitrogens is 1. The van der Waals surface area contributed by atoms with Crippen LogP contribution in [0, 0.1) is 6.92 Å². The predicted octanol–water partition coefficient (Wildman–Crippen LogP) is -0.0309. The third kappa shape index (κ3) is 3.07. The van der Waals surface area contributed by atoms with E-state index in [1.54, 1.807) is 24.0 Å². The average Bonchev–Trinajstić information content (AvgIpc) is 2.63. The Balaban J connectivity index is 1.92. The summed E-state index contributed by atoms with van der Waals surface area (Å²) >= 11 is 0. The van der Waals surface area contributed by atoms with Gasteiger partial charge in [-0.05, 0) is 6.92 Å². The molecule has 0 fully saturated rings. The van der Waals surface area contributed by atoms with E-state index in [4.69, 9.17) is 5.73 Å². The number of nitrogens with zero attached hydrogens (tertiary/aromatic N) is 3. The second-order valence-corrected chi connectivity index (χ2v) is 3.68. The summed E-state index contributed by atoms with van der Waals surface area (Å²) in [6, 6.07) is 1.42. The number of aromatic nitrogens is 4. The van der Waals surface area contributed by atoms with Gasteiger partial charge in [0.2, 0.25) is 0 Å². The first kappa shape index (κ1) is 11.2. The second-order valence-electron chi connectivity index (χ2n) is 3.68. The largest absolute Gasteiger partial charge is 0.396 e. The predicted molar refractivity (Wildman–Crippen MR) is 64.7 cm³/mol. The summed E-state index contributed by atoms with van der Waals surface area (Å²) in [5.74, 6) is 1.15. The Bertz CT molecular complexity index is 558. The molecular formula is C10H14N6O. The molecule has 2 rings (SSSR count). The fourth-order valence-electron chi connectivity index (χ4n) is 1.47. The highest BCUT2D eigenvalue weighted by atomic mass is 16.1. The molecule has 7 heteroatoms. The third-order valence-electron chi connectivity index (χ3n) is 2.16. The zero-order chi connectivity index (χ0) is 12.3. The Morgan fingerprint density at radius 3 is 3.06 bits per heavy atom. The van der Waals surface area contributed by atoms with Crippen molar-refractivity contribution >= 4 is 11.5 Å². The van der Waals surface area contributed by atoms with E-state index in [-0.39, 0.29) is 5.56 Å². The molecule has 2 aromatic heterocycles. The SMILES string of the molecule is Cc1nc(NCCn2cc(N)cn2)cc(=O)[nH]1. The lowest BCUT2D eigenvalue weighted by Gasteiger charge is -2.05. The molecule has 2 heterocycles. The molecule has 2 aromatic rings. The van der Waals surface area contributed by atoms with Gasteiger partial charge in [0, 0.05) is 18.8 Å². The normalized spacial score (nSPS) is 10.4. The van der Waals surface area contributed by atoms with Crippen molar-refractivity contribution in [2.24, 2.45) is 0 Å². The maximum atomic E-state index is 11.2. The number of nitrogen functional groups attached to an aromatic ring is 1. The molecule has 0 aromatic carbocycles. The molecule has 7 nitrogen and oxygen atoms in total. The van der Waals surface area contributed by atoms with Crippen molar-refractivity contribution < 1.29 is 0 Å². The molecular weight excluding hydrogens is 220 g/mol. The molecule has 90 valence electrons. The molecule has 0 amide bonds. The van der Waals surface area contributed by atoms with Crippen LogP contribution in [0.4, 0.5) is 11.5 Å². The van der Waals surface area contributed by atoms with Crippen LogP contribution in [0.5, 0.6) is 0 Å². The topological polar surface area (TPSA) is 102 Å². The molecule has 0 unspecified atom stereocenters. The molecule has 4 N–H and O–H groups in total. The highest BCUT2D eigenvalue weighted by molar-refractivity contribution is 5.33. The zero-order valence-corrected chi connectivity index (χ0v) is 9.47. The van der Waals surface area contributed by atoms with Crippen LogP contribution in [0.1, 0.15) is 5.82 Å². The molecule has 0 radical (unpaired) electrons. The maximum absolute atomic E-state index is 11.2. The summed E-state index contributed by atoms with van der Waals surface area (Å²) in [5.41, 5.74) is 6.01. The molecule has 0 saturated carbocycles. The monoisotopic (exact) mass is 234 g/mol. The van der Waals surface area contributed by atoms with Crippen LogP contribution in [0.15, 0.2) is 23.3 Å². The van der Waals surface area contributed by atoms with E-state index in [9.17, 15) is 4.79 Å². The van der Waals surface area contributed by atoms with Gasteiger partial charge in [0.05, 0.1) is 18.4 Å². The van der Waals surface area contributed by atoms with Crippen LogP contribution in [0.3, 0.4) is 0 Å². The Labute approximate surface area is 97.7 Å². The molecule has 0 spiro atoms. The minimum atomic E-state index is -0.164. The van der Waals surface area contributed by atoms with Gasteiger partial charge in [0.1, 0.15) is 11.6 Å². The number of anilines is 2. The number of aryl methyl sites for hydroxylation is 1. The van der Waals surface area contributed by atoms with Crippen molar-refractivity contribution in [3.8, 4) is 0 Å². The van der Waals surface area contributed by atoms with Crippen LogP contribution < -0.4 is 16.6 Å². The van der Waals surface area contributed by atoms with Gasteiger partial charge < -0.3 is 16.0 Å². The van der Waals surface area contributed by atoms with Gasteiger partial charge in [0.15, 0.2) is 0 Å². The van der Waals surface area contributed by atoms with E-state index < -0.39 is 0 Å². The fourth-order valence-corrected chi connectivity index (χ4v) is 1.47. The van der Waals surface area contributed by atoms with Crippen molar-refractivity contribution in [1.82, 2.24) is 19.7 Å². The van der Waals surface area contributed by atoms with E-state index in [0.29, 0.717) is 30.4 Å². The Hall–Kier alpha value is -2.31. The Morgan fingerprint density at radius 2 is 2.41 bits per heavy atom. The van der Waals surface area contributed by atoms with Gasteiger partial charge >= 0.3 is 0 Å². The van der Waals surface area contributed by atoms with Crippen molar-refractivity contribution in [1.29, 1.82) is 0 Å². The molecule has 0 atom stereocenters. The first-order valence-corrected chi connectivity index (χ1v) is 5.23. The van der Waals surface area contributed by atoms with Crippen molar-refractivity contribution in [2.45, 2.75) is 13.5 Å². The molecule has 0 saturated heterocycles. The van der Waals surface area contributed by atoms with E-state index >= 15 is 0 Å². The fraction of sp³-hybridized carbons (Fsp3) is 0.300. The molecule has 0 bridgehead atoms. The van der Waals surface area contributed by atoms with Crippen LogP contribution in [0.2, 0.25) is 0 Å². The summed E-state index contributed by atoms with van der Waals surface area (Å²) in [6.07, 6.45) is 3.34. The van der Waals surface area contributed by atoms with E-state index in [0.717, 1.165) is 0 Å². The van der Waals surface area contributed by atoms with E-state index in [2.05, 4.69) is 20.4 Å².